The molecule has 3 rings (SSSR count). The van der Waals surface area contributed by atoms with E-state index in [2.05, 4.69) is 0 Å². The maximum absolute atomic E-state index is 13.3. The van der Waals surface area contributed by atoms with Gasteiger partial charge in [-0.25, -0.2) is 9.18 Å². The summed E-state index contributed by atoms with van der Waals surface area (Å²) in [7, 11) is 1.55. The molecular weight excluding hydrogens is 317 g/mol. The Morgan fingerprint density at radius 2 is 2.08 bits per heavy atom. The topological polar surface area (TPSA) is 73.3 Å². The lowest BCUT2D eigenvalue weighted by molar-refractivity contribution is -0.143. The van der Waals surface area contributed by atoms with Crippen LogP contribution >= 0.6 is 0 Å². The van der Waals surface area contributed by atoms with Crippen LogP contribution in [0.15, 0.2) is 30.3 Å². The number of halogens is 1. The molecule has 8 heteroatoms. The molecule has 7 nitrogen and oxygen atoms in total. The van der Waals surface area contributed by atoms with Crippen LogP contribution in [0.25, 0.3) is 0 Å². The summed E-state index contributed by atoms with van der Waals surface area (Å²) in [6.07, 6.45) is -2.31. The molecule has 1 aromatic carbocycles. The summed E-state index contributed by atoms with van der Waals surface area (Å²) >= 11 is 0. The van der Waals surface area contributed by atoms with E-state index in [1.54, 1.807) is 24.1 Å². The molecule has 2 saturated heterocycles. The minimum atomic E-state index is -1.11. The van der Waals surface area contributed by atoms with Gasteiger partial charge in [0.05, 0.1) is 25.7 Å². The third-order valence-electron chi connectivity index (χ3n) is 4.51. The molecule has 2 aliphatic rings. The number of para-hydroxylation sites is 1. The summed E-state index contributed by atoms with van der Waals surface area (Å²) in [5.41, 5.74) is 0.703. The smallest absolute Gasteiger partial charge is 0.416 e. The number of likely N-dealkylation sites (N-methyl/N-ethyl adjacent to an activating group) is 1. The predicted octanol–water partition coefficient (Wildman–Crippen LogP) is 0.442. The third-order valence-corrected chi connectivity index (χ3v) is 4.51. The SMILES string of the molecule is CN(C(=O)CN1C[C@H](F)C1CO)C1CN(c2ccccc2)C(=O)O1. The van der Waals surface area contributed by atoms with Gasteiger partial charge in [-0.1, -0.05) is 18.2 Å². The minimum Gasteiger partial charge on any atom is -0.423 e. The number of carbonyl (C=O) groups is 2. The van der Waals surface area contributed by atoms with Crippen LogP contribution in [0.2, 0.25) is 0 Å². The van der Waals surface area contributed by atoms with Crippen LogP contribution in [0.1, 0.15) is 0 Å². The zero-order valence-corrected chi connectivity index (χ0v) is 13.3. The number of likely N-dealkylation sites (tertiary alicyclic amines) is 1. The lowest BCUT2D eigenvalue weighted by Crippen LogP contribution is -2.62. The number of amides is 2. The van der Waals surface area contributed by atoms with Gasteiger partial charge in [0.25, 0.3) is 0 Å². The molecule has 0 aliphatic carbocycles. The second-order valence-corrected chi connectivity index (χ2v) is 5.98. The van der Waals surface area contributed by atoms with Gasteiger partial charge in [0.15, 0.2) is 6.23 Å². The molecule has 1 aromatic rings. The molecule has 0 radical (unpaired) electrons. The van der Waals surface area contributed by atoms with Crippen LogP contribution in [-0.2, 0) is 9.53 Å². The second-order valence-electron chi connectivity index (χ2n) is 5.98. The zero-order chi connectivity index (χ0) is 17.3. The Morgan fingerprint density at radius 1 is 1.38 bits per heavy atom. The maximum Gasteiger partial charge on any atom is 0.416 e. The fraction of sp³-hybridized carbons (Fsp3) is 0.500. The average Bonchev–Trinajstić information content (AvgIpc) is 2.96. The van der Waals surface area contributed by atoms with E-state index >= 15 is 0 Å². The summed E-state index contributed by atoms with van der Waals surface area (Å²) in [6, 6.07) is 8.43. The van der Waals surface area contributed by atoms with Crippen molar-refractivity contribution in [1.82, 2.24) is 9.80 Å². The Morgan fingerprint density at radius 3 is 2.71 bits per heavy atom. The van der Waals surface area contributed by atoms with E-state index in [9.17, 15) is 14.0 Å². The second kappa shape index (κ2) is 6.74. The van der Waals surface area contributed by atoms with Crippen molar-refractivity contribution in [3.05, 3.63) is 30.3 Å². The van der Waals surface area contributed by atoms with E-state index in [1.807, 2.05) is 18.2 Å². The number of rotatable bonds is 5. The Hall–Kier alpha value is -2.19. The molecule has 0 aromatic heterocycles. The maximum atomic E-state index is 13.3. The highest BCUT2D eigenvalue weighted by Crippen LogP contribution is 2.24. The highest BCUT2D eigenvalue weighted by molar-refractivity contribution is 5.90. The number of cyclic esters (lactones) is 1. The molecule has 130 valence electrons. The lowest BCUT2D eigenvalue weighted by Gasteiger charge is -2.43. The fourth-order valence-corrected chi connectivity index (χ4v) is 2.90. The largest absolute Gasteiger partial charge is 0.423 e. The van der Waals surface area contributed by atoms with Crippen LogP contribution in [0, 0.1) is 0 Å². The number of hydrogen-bond donors (Lipinski definition) is 1. The van der Waals surface area contributed by atoms with Crippen LogP contribution in [0.5, 0.6) is 0 Å². The molecule has 2 amide bonds. The minimum absolute atomic E-state index is 0.0124. The van der Waals surface area contributed by atoms with Crippen molar-refractivity contribution in [3.8, 4) is 0 Å². The van der Waals surface area contributed by atoms with Gasteiger partial charge >= 0.3 is 6.09 Å². The lowest BCUT2D eigenvalue weighted by atomic mass is 10.0. The van der Waals surface area contributed by atoms with Crippen molar-refractivity contribution in [3.63, 3.8) is 0 Å². The molecule has 0 spiro atoms. The van der Waals surface area contributed by atoms with E-state index < -0.39 is 24.5 Å². The monoisotopic (exact) mass is 337 g/mol. The van der Waals surface area contributed by atoms with E-state index in [4.69, 9.17) is 9.84 Å². The van der Waals surface area contributed by atoms with Gasteiger partial charge in [0.1, 0.15) is 6.17 Å². The number of carbonyl (C=O) groups excluding carboxylic acids is 2. The summed E-state index contributed by atoms with van der Waals surface area (Å²) in [5.74, 6) is -0.284. The standard InChI is InChI=1S/C16H20FN3O4/c1-18(14(22)8-19-7-12(17)13(19)10-21)15-9-20(16(23)24-15)11-5-3-2-4-6-11/h2-6,12-13,15,21H,7-10H2,1H3/t12-,13?,15?/m0/s1. The van der Waals surface area contributed by atoms with Crippen LogP contribution in [0.3, 0.4) is 0 Å². The number of anilines is 1. The fourth-order valence-electron chi connectivity index (χ4n) is 2.90. The van der Waals surface area contributed by atoms with Gasteiger partial charge < -0.3 is 14.7 Å². The van der Waals surface area contributed by atoms with Crippen molar-refractivity contribution in [1.29, 1.82) is 0 Å². The van der Waals surface area contributed by atoms with Gasteiger partial charge in [0, 0.05) is 19.3 Å². The first-order valence-corrected chi connectivity index (χ1v) is 7.79. The Bertz CT molecular complexity index is 615. The van der Waals surface area contributed by atoms with Crippen LogP contribution < -0.4 is 4.90 Å². The molecule has 0 saturated carbocycles. The Labute approximate surface area is 139 Å². The number of nitrogens with zero attached hydrogens (tertiary/aromatic N) is 3. The summed E-state index contributed by atoms with van der Waals surface area (Å²) in [6.45, 7) is 0.0333. The summed E-state index contributed by atoms with van der Waals surface area (Å²) in [5, 5.41) is 9.10. The van der Waals surface area contributed by atoms with E-state index in [1.165, 1.54) is 9.80 Å². The van der Waals surface area contributed by atoms with Crippen molar-refractivity contribution >= 4 is 17.7 Å². The number of alkyl halides is 1. The van der Waals surface area contributed by atoms with Gasteiger partial charge in [-0.3, -0.25) is 14.6 Å². The number of hydrogen-bond acceptors (Lipinski definition) is 5. The van der Waals surface area contributed by atoms with Crippen molar-refractivity contribution in [2.45, 2.75) is 18.4 Å². The quantitative estimate of drug-likeness (QED) is 0.844. The van der Waals surface area contributed by atoms with Gasteiger partial charge in [-0.15, -0.1) is 0 Å². The molecule has 2 fully saturated rings. The van der Waals surface area contributed by atoms with Gasteiger partial charge in [0.2, 0.25) is 5.91 Å². The molecule has 2 aliphatic heterocycles. The van der Waals surface area contributed by atoms with Crippen LogP contribution in [0.4, 0.5) is 14.9 Å². The highest BCUT2D eigenvalue weighted by Gasteiger charge is 2.42. The molecule has 2 heterocycles. The average molecular weight is 337 g/mol. The number of aliphatic hydroxyl groups is 1. The first-order valence-electron chi connectivity index (χ1n) is 7.79. The zero-order valence-electron chi connectivity index (χ0n) is 13.3. The van der Waals surface area contributed by atoms with Gasteiger partial charge in [-0.05, 0) is 12.1 Å². The predicted molar refractivity (Wildman–Crippen MR) is 84.2 cm³/mol. The molecule has 24 heavy (non-hydrogen) atoms. The third kappa shape index (κ3) is 3.07. The van der Waals surface area contributed by atoms with Crippen molar-refractivity contribution < 1.29 is 23.8 Å². The van der Waals surface area contributed by atoms with Gasteiger partial charge in [-0.2, -0.15) is 0 Å². The molecule has 2 unspecified atom stereocenters. The highest BCUT2D eigenvalue weighted by atomic mass is 19.1. The van der Waals surface area contributed by atoms with E-state index in [0.717, 1.165) is 0 Å². The molecule has 0 bridgehead atoms. The number of ether oxygens (including phenoxy) is 1. The first kappa shape index (κ1) is 16.7. The molecule has 3 atom stereocenters. The van der Waals surface area contributed by atoms with Crippen LogP contribution in [-0.4, -0.2) is 78.6 Å². The molecular formula is C16H20FN3O4. The normalized spacial score (nSPS) is 26.9. The van der Waals surface area contributed by atoms with E-state index in [0.29, 0.717) is 5.69 Å². The van der Waals surface area contributed by atoms with E-state index in [-0.39, 0.29) is 32.1 Å². The summed E-state index contributed by atoms with van der Waals surface area (Å²) < 4.78 is 18.5. The molecule has 1 N–H and O–H groups in total. The Kier molecular flexibility index (Phi) is 4.68. The van der Waals surface area contributed by atoms with Crippen molar-refractivity contribution in [2.24, 2.45) is 0 Å². The number of aliphatic hydroxyl groups excluding tert-OH is 1. The summed E-state index contributed by atoms with van der Waals surface area (Å²) in [4.78, 5) is 28.7. The number of benzene rings is 1. The first-order chi connectivity index (χ1) is 11.5. The Balaban J connectivity index is 1.59. The van der Waals surface area contributed by atoms with Crippen molar-refractivity contribution in [2.75, 3.05) is 38.2 Å².